The Hall–Kier alpha value is -4.02. The Bertz CT molecular complexity index is 1300. The van der Waals surface area contributed by atoms with Gasteiger partial charge in [-0.1, -0.05) is 0 Å². The smallest absolute Gasteiger partial charge is 0.317 e. The summed E-state index contributed by atoms with van der Waals surface area (Å²) in [4.78, 5) is 27.8. The van der Waals surface area contributed by atoms with Crippen LogP contribution in [0.3, 0.4) is 0 Å². The van der Waals surface area contributed by atoms with Crippen LogP contribution in [0.5, 0.6) is 0 Å². The van der Waals surface area contributed by atoms with Gasteiger partial charge in [-0.3, -0.25) is 14.8 Å². The Balaban J connectivity index is 2.13. The predicted octanol–water partition coefficient (Wildman–Crippen LogP) is 3.59. The van der Waals surface area contributed by atoms with E-state index in [0.717, 1.165) is 12.4 Å². The minimum atomic E-state index is -1.33. The molecule has 33 heavy (non-hydrogen) atoms. The highest BCUT2D eigenvalue weighted by Crippen LogP contribution is 2.31. The number of aliphatic imine (C=N–C) groups is 2. The van der Waals surface area contributed by atoms with Gasteiger partial charge in [0.15, 0.2) is 5.65 Å². The van der Waals surface area contributed by atoms with Crippen LogP contribution < -0.4 is 0 Å². The molecule has 0 spiro atoms. The Morgan fingerprint density at radius 3 is 2.70 bits per heavy atom. The lowest BCUT2D eigenvalue weighted by Crippen LogP contribution is -2.28. The van der Waals surface area contributed by atoms with E-state index in [4.69, 9.17) is 4.74 Å². The van der Waals surface area contributed by atoms with Crippen molar-refractivity contribution in [3.63, 3.8) is 0 Å². The summed E-state index contributed by atoms with van der Waals surface area (Å²) in [5.74, 6) is -2.36. The van der Waals surface area contributed by atoms with Crippen molar-refractivity contribution in [2.24, 2.45) is 15.4 Å². The summed E-state index contributed by atoms with van der Waals surface area (Å²) in [6.07, 6.45) is 3.55. The topological polar surface area (TPSA) is 115 Å². The van der Waals surface area contributed by atoms with Gasteiger partial charge in [0.2, 0.25) is 5.88 Å². The first-order valence-corrected chi connectivity index (χ1v) is 9.75. The number of halogens is 2. The number of methoxy groups -OCH3 is 1. The van der Waals surface area contributed by atoms with Crippen LogP contribution in [0.15, 0.2) is 52.3 Å². The summed E-state index contributed by atoms with van der Waals surface area (Å²) < 4.78 is 34.2. The molecule has 11 heteroatoms. The van der Waals surface area contributed by atoms with Gasteiger partial charge in [0, 0.05) is 11.8 Å². The zero-order chi connectivity index (χ0) is 24.3. The molecule has 0 atom stereocenters. The SMILES string of the molecule is C=N/C(=C(O)\N=C(/C)c1nn(Cc2ccncc2F)c2ncc(F)cc12)C(C)(C)C(=O)OC. The number of aromatic nitrogens is 4. The van der Waals surface area contributed by atoms with E-state index >= 15 is 0 Å². The van der Waals surface area contributed by atoms with Crippen LogP contribution in [0, 0.1) is 17.0 Å². The largest absolute Gasteiger partial charge is 0.492 e. The van der Waals surface area contributed by atoms with Crippen LogP contribution in [0.1, 0.15) is 32.0 Å². The fourth-order valence-electron chi connectivity index (χ4n) is 3.27. The zero-order valence-electron chi connectivity index (χ0n) is 18.5. The van der Waals surface area contributed by atoms with E-state index < -0.39 is 28.9 Å². The van der Waals surface area contributed by atoms with E-state index in [1.807, 2.05) is 0 Å². The van der Waals surface area contributed by atoms with Gasteiger partial charge < -0.3 is 9.84 Å². The summed E-state index contributed by atoms with van der Waals surface area (Å²) in [6.45, 7) is 7.94. The Kier molecular flexibility index (Phi) is 6.61. The molecule has 0 saturated carbocycles. The summed E-state index contributed by atoms with van der Waals surface area (Å²) in [6, 6.07) is 2.72. The van der Waals surface area contributed by atoms with Gasteiger partial charge in [0.1, 0.15) is 28.4 Å². The Labute approximate surface area is 188 Å². The van der Waals surface area contributed by atoms with E-state index in [2.05, 4.69) is 31.8 Å². The van der Waals surface area contributed by atoms with Crippen molar-refractivity contribution in [2.45, 2.75) is 27.3 Å². The molecule has 0 radical (unpaired) electrons. The van der Waals surface area contributed by atoms with Crippen molar-refractivity contribution in [3.05, 3.63) is 65.2 Å². The molecule has 0 aliphatic heterocycles. The number of fused-ring (bicyclic) bond motifs is 1. The third-order valence-corrected chi connectivity index (χ3v) is 5.00. The molecule has 0 amide bonds. The standard InChI is InChI=1S/C22H22F2N6O3/c1-12(28-20(31)18(25-4)22(2,3)21(32)33-5)17-15-8-14(23)9-27-19(15)30(29-17)11-13-6-7-26-10-16(13)24/h6-10,31H,4,11H2,1-3,5H3/b20-18+,28-12+. The molecule has 3 aromatic heterocycles. The lowest BCUT2D eigenvalue weighted by Gasteiger charge is -2.21. The van der Waals surface area contributed by atoms with Crippen molar-refractivity contribution in [1.82, 2.24) is 19.7 Å². The molecule has 3 rings (SSSR count). The molecular formula is C22H22F2N6O3. The monoisotopic (exact) mass is 456 g/mol. The average Bonchev–Trinajstić information content (AvgIpc) is 3.12. The number of rotatable bonds is 7. The maximum absolute atomic E-state index is 14.1. The second-order valence-corrected chi connectivity index (χ2v) is 7.64. The molecule has 0 aromatic carbocycles. The number of nitrogens with zero attached hydrogens (tertiary/aromatic N) is 6. The number of hydrogen-bond acceptors (Lipinski definition) is 8. The molecule has 3 aromatic rings. The van der Waals surface area contributed by atoms with Crippen molar-refractivity contribution in [2.75, 3.05) is 7.11 Å². The van der Waals surface area contributed by atoms with Gasteiger partial charge in [0.25, 0.3) is 0 Å². The summed E-state index contributed by atoms with van der Waals surface area (Å²) in [5.41, 5.74) is -0.461. The van der Waals surface area contributed by atoms with E-state index in [9.17, 15) is 18.7 Å². The normalized spacial score (nSPS) is 13.1. The van der Waals surface area contributed by atoms with Crippen molar-refractivity contribution in [3.8, 4) is 0 Å². The van der Waals surface area contributed by atoms with Crippen LogP contribution in [0.2, 0.25) is 0 Å². The molecule has 0 unspecified atom stereocenters. The van der Waals surface area contributed by atoms with Gasteiger partial charge in [-0.15, -0.1) is 0 Å². The Morgan fingerprint density at radius 1 is 1.33 bits per heavy atom. The van der Waals surface area contributed by atoms with Gasteiger partial charge in [0.05, 0.1) is 37.1 Å². The number of ether oxygens (including phenoxy) is 1. The summed E-state index contributed by atoms with van der Waals surface area (Å²) in [7, 11) is 1.21. The Morgan fingerprint density at radius 2 is 2.06 bits per heavy atom. The van der Waals surface area contributed by atoms with Crippen LogP contribution in [-0.2, 0) is 16.1 Å². The molecule has 0 bridgehead atoms. The van der Waals surface area contributed by atoms with E-state index in [-0.39, 0.29) is 29.3 Å². The number of esters is 1. The molecular weight excluding hydrogens is 434 g/mol. The molecule has 9 nitrogen and oxygen atoms in total. The number of hydrogen-bond donors (Lipinski definition) is 1. The quantitative estimate of drug-likeness (QED) is 0.330. The zero-order valence-corrected chi connectivity index (χ0v) is 18.5. The molecule has 0 fully saturated rings. The second-order valence-electron chi connectivity index (χ2n) is 7.64. The first-order chi connectivity index (χ1) is 15.6. The molecule has 0 aliphatic rings. The predicted molar refractivity (Wildman–Crippen MR) is 118 cm³/mol. The average molecular weight is 456 g/mol. The van der Waals surface area contributed by atoms with Gasteiger partial charge >= 0.3 is 5.97 Å². The molecule has 0 aliphatic carbocycles. The highest BCUT2D eigenvalue weighted by atomic mass is 19.1. The number of aliphatic hydroxyl groups is 1. The van der Waals surface area contributed by atoms with Crippen LogP contribution in [0.25, 0.3) is 11.0 Å². The first-order valence-electron chi connectivity index (χ1n) is 9.75. The number of carbonyl (C=O) groups is 1. The van der Waals surface area contributed by atoms with E-state index in [0.29, 0.717) is 10.9 Å². The van der Waals surface area contributed by atoms with Crippen molar-refractivity contribution in [1.29, 1.82) is 0 Å². The third kappa shape index (κ3) is 4.61. The molecule has 0 saturated heterocycles. The molecule has 172 valence electrons. The van der Waals surface area contributed by atoms with Crippen LogP contribution in [-0.4, -0.2) is 50.4 Å². The summed E-state index contributed by atoms with van der Waals surface area (Å²) in [5, 5.41) is 15.3. The minimum Gasteiger partial charge on any atom is -0.492 e. The lowest BCUT2D eigenvalue weighted by atomic mass is 9.89. The minimum absolute atomic E-state index is 0.00736. The van der Waals surface area contributed by atoms with Crippen LogP contribution >= 0.6 is 0 Å². The first kappa shape index (κ1) is 23.6. The maximum Gasteiger partial charge on any atom is 0.317 e. The fraction of sp³-hybridized carbons (Fsp3) is 0.273. The number of pyridine rings is 2. The lowest BCUT2D eigenvalue weighted by molar-refractivity contribution is -0.148. The van der Waals surface area contributed by atoms with E-state index in [1.54, 1.807) is 0 Å². The molecule has 3 heterocycles. The highest BCUT2D eigenvalue weighted by Gasteiger charge is 2.36. The van der Waals surface area contributed by atoms with Crippen molar-refractivity contribution >= 4 is 29.4 Å². The van der Waals surface area contributed by atoms with Gasteiger partial charge in [-0.25, -0.2) is 23.4 Å². The van der Waals surface area contributed by atoms with Crippen LogP contribution in [0.4, 0.5) is 8.78 Å². The maximum atomic E-state index is 14.1. The highest BCUT2D eigenvalue weighted by molar-refractivity contribution is 6.07. The molecule has 1 N–H and O–H groups in total. The van der Waals surface area contributed by atoms with Gasteiger partial charge in [-0.05, 0) is 39.6 Å². The number of aliphatic hydroxyl groups excluding tert-OH is 1. The van der Waals surface area contributed by atoms with E-state index in [1.165, 1.54) is 50.9 Å². The van der Waals surface area contributed by atoms with Gasteiger partial charge in [-0.2, -0.15) is 5.10 Å². The number of carbonyl (C=O) groups excluding carboxylic acids is 1. The third-order valence-electron chi connectivity index (χ3n) is 5.00. The fourth-order valence-corrected chi connectivity index (χ4v) is 3.27. The summed E-state index contributed by atoms with van der Waals surface area (Å²) >= 11 is 0. The van der Waals surface area contributed by atoms with Crippen molar-refractivity contribution < 1.29 is 23.4 Å². The second kappa shape index (κ2) is 9.23.